The van der Waals surface area contributed by atoms with Crippen molar-refractivity contribution in [2.24, 2.45) is 0 Å². The summed E-state index contributed by atoms with van der Waals surface area (Å²) in [5.74, 6) is 1.54. The van der Waals surface area contributed by atoms with E-state index in [1.54, 1.807) is 6.20 Å². The number of para-hydroxylation sites is 1. The zero-order chi connectivity index (χ0) is 18.6. The minimum absolute atomic E-state index is 0.274. The standard InChI is InChI=1S/C22H25N5/c1-17(2)27(16-18-9-4-3-5-10-18)22-24-21(15-23-25-22)26-14-8-12-19-11-6-7-13-20(19)26/h3-7,9-11,13,15,17H,8,12,14,16H2,1-2H3. The molecule has 0 saturated carbocycles. The molecular formula is C22H25N5. The van der Waals surface area contributed by atoms with E-state index in [1.165, 1.54) is 16.8 Å². The van der Waals surface area contributed by atoms with Crippen molar-refractivity contribution in [1.29, 1.82) is 0 Å². The zero-order valence-corrected chi connectivity index (χ0v) is 15.9. The molecule has 0 spiro atoms. The summed E-state index contributed by atoms with van der Waals surface area (Å²) in [5.41, 5.74) is 3.84. The Morgan fingerprint density at radius 1 is 1.04 bits per heavy atom. The highest BCUT2D eigenvalue weighted by molar-refractivity contribution is 5.65. The molecule has 1 aliphatic rings. The highest BCUT2D eigenvalue weighted by Gasteiger charge is 2.21. The van der Waals surface area contributed by atoms with Crippen LogP contribution in [-0.2, 0) is 13.0 Å². The average Bonchev–Trinajstić information content (AvgIpc) is 2.72. The first kappa shape index (κ1) is 17.5. The molecule has 1 aliphatic heterocycles. The molecule has 27 heavy (non-hydrogen) atoms. The summed E-state index contributed by atoms with van der Waals surface area (Å²) in [6, 6.07) is 19.3. The van der Waals surface area contributed by atoms with E-state index in [1.807, 2.05) is 6.07 Å². The Morgan fingerprint density at radius 2 is 1.81 bits per heavy atom. The SMILES string of the molecule is CC(C)N(Cc1ccccc1)c1nncc(N2CCCc3ccccc32)n1. The van der Waals surface area contributed by atoms with Crippen molar-refractivity contribution in [3.63, 3.8) is 0 Å². The highest BCUT2D eigenvalue weighted by Crippen LogP contribution is 2.32. The van der Waals surface area contributed by atoms with Gasteiger partial charge in [-0.05, 0) is 43.9 Å². The molecule has 5 heteroatoms. The summed E-state index contributed by atoms with van der Waals surface area (Å²) in [6.45, 7) is 6.04. The van der Waals surface area contributed by atoms with Gasteiger partial charge in [-0.15, -0.1) is 5.10 Å². The molecule has 0 fully saturated rings. The number of fused-ring (bicyclic) bond motifs is 1. The van der Waals surface area contributed by atoms with Crippen molar-refractivity contribution in [2.75, 3.05) is 16.3 Å². The summed E-state index contributed by atoms with van der Waals surface area (Å²) in [5, 5.41) is 8.63. The first-order chi connectivity index (χ1) is 13.2. The maximum atomic E-state index is 4.89. The highest BCUT2D eigenvalue weighted by atomic mass is 15.4. The summed E-state index contributed by atoms with van der Waals surface area (Å²) in [7, 11) is 0. The van der Waals surface area contributed by atoms with Crippen LogP contribution in [0.15, 0.2) is 60.8 Å². The van der Waals surface area contributed by atoms with Crippen LogP contribution in [0.3, 0.4) is 0 Å². The summed E-state index contributed by atoms with van der Waals surface area (Å²) < 4.78 is 0. The number of nitrogens with zero attached hydrogens (tertiary/aromatic N) is 5. The molecular weight excluding hydrogens is 334 g/mol. The Morgan fingerprint density at radius 3 is 2.63 bits per heavy atom. The van der Waals surface area contributed by atoms with E-state index in [-0.39, 0.29) is 6.04 Å². The van der Waals surface area contributed by atoms with Crippen molar-refractivity contribution in [3.8, 4) is 0 Å². The largest absolute Gasteiger partial charge is 0.333 e. The van der Waals surface area contributed by atoms with Crippen LogP contribution in [0.1, 0.15) is 31.4 Å². The maximum absolute atomic E-state index is 4.89. The van der Waals surface area contributed by atoms with Crippen LogP contribution in [0, 0.1) is 0 Å². The third-order valence-corrected chi connectivity index (χ3v) is 5.00. The van der Waals surface area contributed by atoms with Gasteiger partial charge in [-0.25, -0.2) is 0 Å². The van der Waals surface area contributed by atoms with Gasteiger partial charge in [-0.1, -0.05) is 48.5 Å². The maximum Gasteiger partial charge on any atom is 0.247 e. The van der Waals surface area contributed by atoms with Gasteiger partial charge >= 0.3 is 0 Å². The van der Waals surface area contributed by atoms with Crippen LogP contribution in [-0.4, -0.2) is 27.8 Å². The van der Waals surface area contributed by atoms with E-state index in [9.17, 15) is 0 Å². The number of anilines is 3. The molecule has 0 saturated heterocycles. The van der Waals surface area contributed by atoms with Crippen LogP contribution in [0.5, 0.6) is 0 Å². The van der Waals surface area contributed by atoms with Gasteiger partial charge in [0.25, 0.3) is 0 Å². The third kappa shape index (κ3) is 3.77. The number of benzene rings is 2. The summed E-state index contributed by atoms with van der Waals surface area (Å²) in [6.07, 6.45) is 4.01. The van der Waals surface area contributed by atoms with E-state index in [2.05, 4.69) is 82.4 Å². The van der Waals surface area contributed by atoms with Gasteiger partial charge in [0, 0.05) is 24.8 Å². The average molecular weight is 359 g/mol. The van der Waals surface area contributed by atoms with Gasteiger partial charge in [0.05, 0.1) is 6.20 Å². The smallest absolute Gasteiger partial charge is 0.247 e. The van der Waals surface area contributed by atoms with Gasteiger partial charge in [-0.3, -0.25) is 0 Å². The molecule has 0 atom stereocenters. The number of aryl methyl sites for hydroxylation is 1. The number of aromatic nitrogens is 3. The normalized spacial score (nSPS) is 13.5. The minimum atomic E-state index is 0.274. The predicted octanol–water partition coefficient (Wildman–Crippen LogP) is 4.37. The number of hydrogen-bond acceptors (Lipinski definition) is 5. The van der Waals surface area contributed by atoms with Crippen LogP contribution in [0.25, 0.3) is 0 Å². The first-order valence-electron chi connectivity index (χ1n) is 9.58. The fraction of sp³-hybridized carbons (Fsp3) is 0.318. The fourth-order valence-corrected chi connectivity index (χ4v) is 3.57. The summed E-state index contributed by atoms with van der Waals surface area (Å²) in [4.78, 5) is 9.35. The number of rotatable bonds is 5. The molecule has 5 nitrogen and oxygen atoms in total. The molecule has 4 rings (SSSR count). The lowest BCUT2D eigenvalue weighted by atomic mass is 10.0. The van der Waals surface area contributed by atoms with Crippen LogP contribution < -0.4 is 9.80 Å². The number of hydrogen-bond donors (Lipinski definition) is 0. The lowest BCUT2D eigenvalue weighted by Crippen LogP contribution is -2.33. The van der Waals surface area contributed by atoms with Crippen molar-refractivity contribution >= 4 is 17.5 Å². The van der Waals surface area contributed by atoms with Crippen molar-refractivity contribution in [2.45, 2.75) is 39.3 Å². The van der Waals surface area contributed by atoms with E-state index >= 15 is 0 Å². The molecule has 0 unspecified atom stereocenters. The lowest BCUT2D eigenvalue weighted by Gasteiger charge is -2.31. The quantitative estimate of drug-likeness (QED) is 0.677. The molecule has 138 valence electrons. The van der Waals surface area contributed by atoms with Crippen molar-refractivity contribution in [3.05, 3.63) is 71.9 Å². The van der Waals surface area contributed by atoms with Crippen LogP contribution >= 0.6 is 0 Å². The second-order valence-corrected chi connectivity index (χ2v) is 7.21. The van der Waals surface area contributed by atoms with Gasteiger partial charge < -0.3 is 9.80 Å². The Kier molecular flexibility index (Phi) is 5.01. The van der Waals surface area contributed by atoms with Crippen LogP contribution in [0.2, 0.25) is 0 Å². The second kappa shape index (κ2) is 7.74. The van der Waals surface area contributed by atoms with E-state index in [0.717, 1.165) is 31.7 Å². The molecule has 2 heterocycles. The van der Waals surface area contributed by atoms with Gasteiger partial charge in [0.2, 0.25) is 5.95 Å². The van der Waals surface area contributed by atoms with Crippen molar-refractivity contribution in [1.82, 2.24) is 15.2 Å². The van der Waals surface area contributed by atoms with Gasteiger partial charge in [0.15, 0.2) is 5.82 Å². The van der Waals surface area contributed by atoms with E-state index in [0.29, 0.717) is 5.95 Å². The van der Waals surface area contributed by atoms with Gasteiger partial charge in [0.1, 0.15) is 0 Å². The third-order valence-electron chi connectivity index (χ3n) is 5.00. The first-order valence-corrected chi connectivity index (χ1v) is 9.58. The second-order valence-electron chi connectivity index (χ2n) is 7.21. The molecule has 0 radical (unpaired) electrons. The summed E-state index contributed by atoms with van der Waals surface area (Å²) >= 11 is 0. The molecule has 0 amide bonds. The lowest BCUT2D eigenvalue weighted by molar-refractivity contribution is 0.649. The molecule has 3 aromatic rings. The monoisotopic (exact) mass is 359 g/mol. The Hall–Kier alpha value is -2.95. The van der Waals surface area contributed by atoms with E-state index in [4.69, 9.17) is 4.98 Å². The van der Waals surface area contributed by atoms with E-state index < -0.39 is 0 Å². The topological polar surface area (TPSA) is 45.2 Å². The molecule has 1 aromatic heterocycles. The van der Waals surface area contributed by atoms with Crippen LogP contribution in [0.4, 0.5) is 17.5 Å². The zero-order valence-electron chi connectivity index (χ0n) is 15.9. The Bertz CT molecular complexity index is 894. The minimum Gasteiger partial charge on any atom is -0.333 e. The van der Waals surface area contributed by atoms with Crippen molar-refractivity contribution < 1.29 is 0 Å². The fourth-order valence-electron chi connectivity index (χ4n) is 3.57. The molecule has 0 N–H and O–H groups in total. The Balaban J connectivity index is 1.65. The molecule has 2 aromatic carbocycles. The molecule has 0 bridgehead atoms. The molecule has 0 aliphatic carbocycles. The Labute approximate surface area is 160 Å². The van der Waals surface area contributed by atoms with Gasteiger partial charge in [-0.2, -0.15) is 10.1 Å². The predicted molar refractivity (Wildman–Crippen MR) is 109 cm³/mol.